The molecule has 17 heavy (non-hydrogen) atoms. The maximum Gasteiger partial charge on any atom is 0.252 e. The Labute approximate surface area is 105 Å². The van der Waals surface area contributed by atoms with Crippen LogP contribution < -0.4 is 5.32 Å². The third-order valence-corrected chi connectivity index (χ3v) is 2.75. The minimum atomic E-state index is -0.398. The number of carbonyl (C=O) groups is 1. The molecule has 1 amide bonds. The molecule has 0 aliphatic heterocycles. The topological polar surface area (TPSA) is 55.1 Å². The van der Waals surface area contributed by atoms with Crippen molar-refractivity contribution < 1.29 is 13.7 Å². The second-order valence-electron chi connectivity index (χ2n) is 3.30. The zero-order valence-corrected chi connectivity index (χ0v) is 10.2. The van der Waals surface area contributed by atoms with Gasteiger partial charge in [0.2, 0.25) is 0 Å². The van der Waals surface area contributed by atoms with Gasteiger partial charge in [-0.05, 0) is 34.1 Å². The third-order valence-electron chi connectivity index (χ3n) is 2.10. The fourth-order valence-electron chi connectivity index (χ4n) is 1.27. The Hall–Kier alpha value is -1.69. The summed E-state index contributed by atoms with van der Waals surface area (Å²) >= 11 is 3.13. The van der Waals surface area contributed by atoms with Gasteiger partial charge in [-0.3, -0.25) is 4.79 Å². The van der Waals surface area contributed by atoms with Crippen LogP contribution in [0.25, 0.3) is 0 Å². The fourth-order valence-corrected chi connectivity index (χ4v) is 1.80. The van der Waals surface area contributed by atoms with E-state index in [9.17, 15) is 9.18 Å². The van der Waals surface area contributed by atoms with Gasteiger partial charge < -0.3 is 9.84 Å². The maximum atomic E-state index is 12.8. The molecule has 0 aliphatic rings. The van der Waals surface area contributed by atoms with Crippen LogP contribution in [0, 0.1) is 5.82 Å². The van der Waals surface area contributed by atoms with Crippen molar-refractivity contribution in [3.8, 4) is 0 Å². The quantitative estimate of drug-likeness (QED) is 0.947. The molecule has 0 unspecified atom stereocenters. The molecule has 1 aromatic carbocycles. The molecule has 0 bridgehead atoms. The number of nitrogens with one attached hydrogen (secondary N) is 1. The smallest absolute Gasteiger partial charge is 0.252 e. The van der Waals surface area contributed by atoms with Crippen LogP contribution in [-0.2, 0) is 6.54 Å². The molecule has 0 saturated carbocycles. The largest absolute Gasteiger partial charge is 0.364 e. The number of benzene rings is 1. The van der Waals surface area contributed by atoms with E-state index in [2.05, 4.69) is 30.9 Å². The van der Waals surface area contributed by atoms with Crippen LogP contribution in [0.15, 0.2) is 39.5 Å². The molecule has 1 aromatic heterocycles. The van der Waals surface area contributed by atoms with Crippen molar-refractivity contribution in [2.75, 3.05) is 0 Å². The summed E-state index contributed by atoms with van der Waals surface area (Å²) in [5.74, 6) is -0.704. The van der Waals surface area contributed by atoms with Gasteiger partial charge in [0.1, 0.15) is 17.8 Å². The van der Waals surface area contributed by atoms with E-state index in [0.717, 1.165) is 0 Å². The van der Waals surface area contributed by atoms with Gasteiger partial charge in [-0.1, -0.05) is 5.16 Å². The van der Waals surface area contributed by atoms with E-state index in [1.165, 1.54) is 24.5 Å². The van der Waals surface area contributed by atoms with E-state index in [1.807, 2.05) is 0 Å². The van der Waals surface area contributed by atoms with Crippen LogP contribution in [0.1, 0.15) is 16.1 Å². The van der Waals surface area contributed by atoms with Crippen molar-refractivity contribution >= 4 is 21.8 Å². The Morgan fingerprint density at radius 3 is 2.94 bits per heavy atom. The summed E-state index contributed by atoms with van der Waals surface area (Å²) in [7, 11) is 0. The number of carbonyl (C=O) groups excluding carboxylic acids is 1. The molecule has 0 aliphatic carbocycles. The van der Waals surface area contributed by atoms with Crippen molar-refractivity contribution in [3.05, 3.63) is 52.1 Å². The van der Waals surface area contributed by atoms with Gasteiger partial charge in [-0.2, -0.15) is 0 Å². The molecule has 0 atom stereocenters. The van der Waals surface area contributed by atoms with E-state index >= 15 is 0 Å². The molecular formula is C11H8BrFN2O2. The molecular weight excluding hydrogens is 291 g/mol. The summed E-state index contributed by atoms with van der Waals surface area (Å²) in [6.07, 6.45) is 1.43. The molecule has 0 saturated heterocycles. The van der Waals surface area contributed by atoms with E-state index in [0.29, 0.717) is 15.7 Å². The van der Waals surface area contributed by atoms with Gasteiger partial charge in [0.15, 0.2) is 0 Å². The molecule has 1 heterocycles. The van der Waals surface area contributed by atoms with Crippen molar-refractivity contribution in [1.82, 2.24) is 10.5 Å². The molecule has 0 spiro atoms. The lowest BCUT2D eigenvalue weighted by molar-refractivity contribution is 0.0949. The first-order valence-electron chi connectivity index (χ1n) is 4.79. The number of hydrogen-bond acceptors (Lipinski definition) is 3. The molecule has 6 heteroatoms. The average molecular weight is 299 g/mol. The van der Waals surface area contributed by atoms with E-state index in [1.54, 1.807) is 6.07 Å². The van der Waals surface area contributed by atoms with Crippen LogP contribution in [-0.4, -0.2) is 11.1 Å². The highest BCUT2D eigenvalue weighted by Crippen LogP contribution is 2.17. The van der Waals surface area contributed by atoms with Crippen LogP contribution >= 0.6 is 15.9 Å². The molecule has 2 aromatic rings. The van der Waals surface area contributed by atoms with Gasteiger partial charge in [-0.25, -0.2) is 4.39 Å². The van der Waals surface area contributed by atoms with Gasteiger partial charge >= 0.3 is 0 Å². The van der Waals surface area contributed by atoms with Gasteiger partial charge in [0.25, 0.3) is 5.91 Å². The lowest BCUT2D eigenvalue weighted by Crippen LogP contribution is -2.23. The molecule has 4 nitrogen and oxygen atoms in total. The van der Waals surface area contributed by atoms with Gasteiger partial charge in [0, 0.05) is 10.5 Å². The summed E-state index contributed by atoms with van der Waals surface area (Å²) in [6.45, 7) is 0.263. The molecule has 2 rings (SSSR count). The molecule has 0 radical (unpaired) electrons. The molecule has 0 fully saturated rings. The minimum absolute atomic E-state index is 0.263. The first kappa shape index (κ1) is 11.8. The first-order chi connectivity index (χ1) is 8.16. The Morgan fingerprint density at radius 1 is 1.47 bits per heavy atom. The van der Waals surface area contributed by atoms with Crippen LogP contribution in [0.3, 0.4) is 0 Å². The zero-order chi connectivity index (χ0) is 12.3. The highest BCUT2D eigenvalue weighted by atomic mass is 79.9. The third kappa shape index (κ3) is 2.91. The van der Waals surface area contributed by atoms with Crippen molar-refractivity contribution in [1.29, 1.82) is 0 Å². The highest BCUT2D eigenvalue weighted by Gasteiger charge is 2.10. The minimum Gasteiger partial charge on any atom is -0.364 e. The number of amides is 1. The fraction of sp³-hybridized carbons (Fsp3) is 0.0909. The summed E-state index contributed by atoms with van der Waals surface area (Å²) < 4.78 is 17.9. The lowest BCUT2D eigenvalue weighted by atomic mass is 10.2. The Morgan fingerprint density at radius 2 is 2.29 bits per heavy atom. The lowest BCUT2D eigenvalue weighted by Gasteiger charge is -2.05. The van der Waals surface area contributed by atoms with Crippen LogP contribution in [0.2, 0.25) is 0 Å². The summed E-state index contributed by atoms with van der Waals surface area (Å²) in [4.78, 5) is 11.8. The number of nitrogens with zero attached hydrogens (tertiary/aromatic N) is 1. The Bertz CT molecular complexity index is 528. The predicted molar refractivity (Wildman–Crippen MR) is 61.8 cm³/mol. The van der Waals surface area contributed by atoms with E-state index in [-0.39, 0.29) is 12.5 Å². The van der Waals surface area contributed by atoms with Crippen molar-refractivity contribution in [2.45, 2.75) is 6.54 Å². The number of halogens is 2. The first-order valence-corrected chi connectivity index (χ1v) is 5.58. The maximum absolute atomic E-state index is 12.8. The summed E-state index contributed by atoms with van der Waals surface area (Å²) in [5.41, 5.74) is 0.992. The highest BCUT2D eigenvalue weighted by molar-refractivity contribution is 9.10. The normalized spacial score (nSPS) is 10.2. The number of aromatic nitrogens is 1. The summed E-state index contributed by atoms with van der Waals surface area (Å²) in [5, 5.41) is 6.30. The molecule has 1 N–H and O–H groups in total. The van der Waals surface area contributed by atoms with Gasteiger partial charge in [-0.15, -0.1) is 0 Å². The Balaban J connectivity index is 2.04. The predicted octanol–water partition coefficient (Wildman–Crippen LogP) is 2.51. The summed E-state index contributed by atoms with van der Waals surface area (Å²) in [6, 6.07) is 5.54. The van der Waals surface area contributed by atoms with Crippen molar-refractivity contribution in [3.63, 3.8) is 0 Å². The second-order valence-corrected chi connectivity index (χ2v) is 4.15. The zero-order valence-electron chi connectivity index (χ0n) is 8.61. The van der Waals surface area contributed by atoms with E-state index in [4.69, 9.17) is 0 Å². The van der Waals surface area contributed by atoms with Gasteiger partial charge in [0.05, 0.1) is 12.1 Å². The monoisotopic (exact) mass is 298 g/mol. The Kier molecular flexibility index (Phi) is 3.53. The van der Waals surface area contributed by atoms with Crippen LogP contribution in [0.5, 0.6) is 0 Å². The SMILES string of the molecule is O=C(NCc1ccon1)c1ccc(F)cc1Br. The number of rotatable bonds is 3. The van der Waals surface area contributed by atoms with Crippen molar-refractivity contribution in [2.24, 2.45) is 0 Å². The number of hydrogen-bond donors (Lipinski definition) is 1. The van der Waals surface area contributed by atoms with Crippen LogP contribution in [0.4, 0.5) is 4.39 Å². The second kappa shape index (κ2) is 5.09. The standard InChI is InChI=1S/C11H8BrFN2O2/c12-10-5-7(13)1-2-9(10)11(16)14-6-8-3-4-17-15-8/h1-5H,6H2,(H,14,16). The molecule has 88 valence electrons. The average Bonchev–Trinajstić information content (AvgIpc) is 2.78. The van der Waals surface area contributed by atoms with E-state index < -0.39 is 5.82 Å².